The Labute approximate surface area is 109 Å². The highest BCUT2D eigenvalue weighted by molar-refractivity contribution is 5.85. The predicted octanol–water partition coefficient (Wildman–Crippen LogP) is 1.09. The van der Waals surface area contributed by atoms with Crippen molar-refractivity contribution in [2.24, 2.45) is 5.92 Å². The zero-order valence-electron chi connectivity index (χ0n) is 10.2. The first-order valence-electron chi connectivity index (χ1n) is 6.45. The van der Waals surface area contributed by atoms with Crippen LogP contribution in [-0.2, 0) is 9.53 Å². The lowest BCUT2D eigenvalue weighted by atomic mass is 10.0. The van der Waals surface area contributed by atoms with Gasteiger partial charge in [-0.05, 0) is 38.1 Å². The van der Waals surface area contributed by atoms with Crippen molar-refractivity contribution in [1.29, 1.82) is 0 Å². The molecular formula is C12H23ClN2O2. The highest BCUT2D eigenvalue weighted by Crippen LogP contribution is 2.28. The maximum atomic E-state index is 11.7. The fraction of sp³-hybridized carbons (Fsp3) is 0.917. The third-order valence-electron chi connectivity index (χ3n) is 3.22. The van der Waals surface area contributed by atoms with Crippen LogP contribution in [-0.4, -0.2) is 38.3 Å². The minimum Gasteiger partial charge on any atom is -0.379 e. The summed E-state index contributed by atoms with van der Waals surface area (Å²) in [5.41, 5.74) is 0. The van der Waals surface area contributed by atoms with E-state index in [1.54, 1.807) is 0 Å². The third-order valence-corrected chi connectivity index (χ3v) is 3.22. The number of carbonyl (C=O) groups excluding carboxylic acids is 1. The SMILES string of the molecule is Cl.O=C(NCCOCC1CC1)[C@H]1CCCCN1. The molecule has 1 aliphatic heterocycles. The van der Waals surface area contributed by atoms with Crippen LogP contribution in [0.5, 0.6) is 0 Å². The number of piperidine rings is 1. The highest BCUT2D eigenvalue weighted by atomic mass is 35.5. The molecule has 2 rings (SSSR count). The van der Waals surface area contributed by atoms with Crippen molar-refractivity contribution in [3.8, 4) is 0 Å². The van der Waals surface area contributed by atoms with E-state index in [-0.39, 0.29) is 24.4 Å². The number of amides is 1. The van der Waals surface area contributed by atoms with Gasteiger partial charge in [0.05, 0.1) is 12.6 Å². The monoisotopic (exact) mass is 262 g/mol. The van der Waals surface area contributed by atoms with Gasteiger partial charge in [0.1, 0.15) is 0 Å². The molecule has 0 aromatic rings. The zero-order chi connectivity index (χ0) is 11.2. The van der Waals surface area contributed by atoms with Crippen LogP contribution in [0.1, 0.15) is 32.1 Å². The summed E-state index contributed by atoms with van der Waals surface area (Å²) in [5, 5.41) is 6.16. The van der Waals surface area contributed by atoms with Gasteiger partial charge in [0, 0.05) is 13.2 Å². The second kappa shape index (κ2) is 7.90. The van der Waals surface area contributed by atoms with Gasteiger partial charge in [-0.2, -0.15) is 0 Å². The first-order valence-corrected chi connectivity index (χ1v) is 6.45. The normalized spacial score (nSPS) is 23.9. The van der Waals surface area contributed by atoms with Crippen LogP contribution < -0.4 is 10.6 Å². The van der Waals surface area contributed by atoms with Gasteiger partial charge in [0.25, 0.3) is 0 Å². The molecule has 1 saturated heterocycles. The van der Waals surface area contributed by atoms with E-state index in [9.17, 15) is 4.79 Å². The molecule has 2 N–H and O–H groups in total. The summed E-state index contributed by atoms with van der Waals surface area (Å²) in [6, 6.07) is 0.0252. The molecule has 0 unspecified atom stereocenters. The summed E-state index contributed by atoms with van der Waals surface area (Å²) < 4.78 is 5.46. The lowest BCUT2D eigenvalue weighted by Crippen LogP contribution is -2.47. The molecule has 1 amide bonds. The van der Waals surface area contributed by atoms with Crippen molar-refractivity contribution >= 4 is 18.3 Å². The van der Waals surface area contributed by atoms with E-state index in [0.29, 0.717) is 13.2 Å². The average molecular weight is 263 g/mol. The van der Waals surface area contributed by atoms with Gasteiger partial charge >= 0.3 is 0 Å². The minimum atomic E-state index is 0. The fourth-order valence-corrected chi connectivity index (χ4v) is 1.98. The van der Waals surface area contributed by atoms with E-state index in [1.165, 1.54) is 19.3 Å². The first kappa shape index (κ1) is 14.7. The third kappa shape index (κ3) is 5.70. The highest BCUT2D eigenvalue weighted by Gasteiger charge is 2.21. The topological polar surface area (TPSA) is 50.4 Å². The zero-order valence-corrected chi connectivity index (χ0v) is 11.1. The summed E-state index contributed by atoms with van der Waals surface area (Å²) in [6.45, 7) is 3.13. The van der Waals surface area contributed by atoms with Crippen LogP contribution in [0, 0.1) is 5.92 Å². The predicted molar refractivity (Wildman–Crippen MR) is 69.4 cm³/mol. The molecular weight excluding hydrogens is 240 g/mol. The lowest BCUT2D eigenvalue weighted by molar-refractivity contribution is -0.123. The number of nitrogens with one attached hydrogen (secondary N) is 2. The molecule has 17 heavy (non-hydrogen) atoms. The van der Waals surface area contributed by atoms with Gasteiger partial charge in [-0.25, -0.2) is 0 Å². The van der Waals surface area contributed by atoms with Crippen molar-refractivity contribution in [1.82, 2.24) is 10.6 Å². The molecule has 2 aliphatic rings. The smallest absolute Gasteiger partial charge is 0.237 e. The maximum Gasteiger partial charge on any atom is 0.237 e. The van der Waals surface area contributed by atoms with Crippen molar-refractivity contribution in [2.45, 2.75) is 38.1 Å². The van der Waals surface area contributed by atoms with E-state index in [1.807, 2.05) is 0 Å². The number of hydrogen-bond donors (Lipinski definition) is 2. The number of carbonyl (C=O) groups is 1. The van der Waals surface area contributed by atoms with E-state index < -0.39 is 0 Å². The molecule has 4 nitrogen and oxygen atoms in total. The second-order valence-electron chi connectivity index (χ2n) is 4.81. The Hall–Kier alpha value is -0.320. The Bertz CT molecular complexity index is 229. The first-order chi connectivity index (χ1) is 7.86. The molecule has 0 aromatic heterocycles. The van der Waals surface area contributed by atoms with Crippen LogP contribution in [0.3, 0.4) is 0 Å². The van der Waals surface area contributed by atoms with Crippen molar-refractivity contribution < 1.29 is 9.53 Å². The van der Waals surface area contributed by atoms with Crippen LogP contribution in [0.2, 0.25) is 0 Å². The van der Waals surface area contributed by atoms with Crippen molar-refractivity contribution in [3.63, 3.8) is 0 Å². The molecule has 100 valence electrons. The molecule has 0 aromatic carbocycles. The molecule has 1 heterocycles. The molecule has 2 fully saturated rings. The minimum absolute atomic E-state index is 0. The van der Waals surface area contributed by atoms with Crippen LogP contribution in [0.25, 0.3) is 0 Å². The largest absolute Gasteiger partial charge is 0.379 e. The fourth-order valence-electron chi connectivity index (χ4n) is 1.98. The quantitative estimate of drug-likeness (QED) is 0.705. The summed E-state index contributed by atoms with van der Waals surface area (Å²) >= 11 is 0. The van der Waals surface area contributed by atoms with Crippen molar-refractivity contribution in [2.75, 3.05) is 26.3 Å². The summed E-state index contributed by atoms with van der Waals surface area (Å²) in [6.07, 6.45) is 5.95. The summed E-state index contributed by atoms with van der Waals surface area (Å²) in [4.78, 5) is 11.7. The van der Waals surface area contributed by atoms with E-state index in [4.69, 9.17) is 4.74 Å². The molecule has 0 radical (unpaired) electrons. The molecule has 5 heteroatoms. The Morgan fingerprint density at radius 2 is 2.12 bits per heavy atom. The summed E-state index contributed by atoms with van der Waals surface area (Å²) in [5.74, 6) is 0.936. The lowest BCUT2D eigenvalue weighted by Gasteiger charge is -2.22. The van der Waals surface area contributed by atoms with Crippen LogP contribution >= 0.6 is 12.4 Å². The maximum absolute atomic E-state index is 11.7. The number of rotatable bonds is 6. The number of hydrogen-bond acceptors (Lipinski definition) is 3. The molecule has 1 saturated carbocycles. The van der Waals surface area contributed by atoms with Gasteiger partial charge in [-0.15, -0.1) is 12.4 Å². The van der Waals surface area contributed by atoms with E-state index >= 15 is 0 Å². The van der Waals surface area contributed by atoms with E-state index in [2.05, 4.69) is 10.6 Å². The Morgan fingerprint density at radius 1 is 1.29 bits per heavy atom. The van der Waals surface area contributed by atoms with Crippen LogP contribution in [0.4, 0.5) is 0 Å². The van der Waals surface area contributed by atoms with Gasteiger partial charge in [0.2, 0.25) is 5.91 Å². The van der Waals surface area contributed by atoms with Gasteiger partial charge in [-0.1, -0.05) is 6.42 Å². The summed E-state index contributed by atoms with van der Waals surface area (Å²) in [7, 11) is 0. The standard InChI is InChI=1S/C12H22N2O2.ClH/c15-12(11-3-1-2-6-13-11)14-7-8-16-9-10-4-5-10;/h10-11,13H,1-9H2,(H,14,15);1H/t11-;/m1./s1. The second-order valence-corrected chi connectivity index (χ2v) is 4.81. The number of halogens is 1. The average Bonchev–Trinajstić information content (AvgIpc) is 3.13. The Morgan fingerprint density at radius 3 is 2.76 bits per heavy atom. The molecule has 0 spiro atoms. The molecule has 1 atom stereocenters. The van der Waals surface area contributed by atoms with Crippen LogP contribution in [0.15, 0.2) is 0 Å². The molecule has 0 bridgehead atoms. The Kier molecular flexibility index (Phi) is 6.85. The number of ether oxygens (including phenoxy) is 1. The van der Waals surface area contributed by atoms with Gasteiger partial charge in [0.15, 0.2) is 0 Å². The Balaban J connectivity index is 0.00000144. The van der Waals surface area contributed by atoms with E-state index in [0.717, 1.165) is 31.9 Å². The van der Waals surface area contributed by atoms with Gasteiger partial charge < -0.3 is 15.4 Å². The van der Waals surface area contributed by atoms with Gasteiger partial charge in [-0.3, -0.25) is 4.79 Å². The van der Waals surface area contributed by atoms with Crippen molar-refractivity contribution in [3.05, 3.63) is 0 Å². The molecule has 1 aliphatic carbocycles.